The largest absolute Gasteiger partial charge is 0.394 e. The molecule has 18 heavy (non-hydrogen) atoms. The summed E-state index contributed by atoms with van der Waals surface area (Å²) in [7, 11) is -2.00. The zero-order valence-corrected chi connectivity index (χ0v) is 12.8. The number of hydrogen-bond donors (Lipinski definition) is 0. The van der Waals surface area contributed by atoms with Gasteiger partial charge in [-0.3, -0.25) is 0 Å². The molecular formula is C15H28O2Si. The molecule has 0 heterocycles. The van der Waals surface area contributed by atoms with E-state index in [2.05, 4.69) is 13.5 Å². The molecule has 2 fully saturated rings. The summed E-state index contributed by atoms with van der Waals surface area (Å²) in [5, 5.41) is 0. The molecule has 0 N–H and O–H groups in total. The monoisotopic (exact) mass is 268 g/mol. The van der Waals surface area contributed by atoms with Crippen LogP contribution in [0, 0.1) is 0 Å². The average Bonchev–Trinajstić information content (AvgIpc) is 2.35. The molecule has 1 unspecified atom stereocenters. The molecule has 0 radical (unpaired) electrons. The Hall–Kier alpha value is -0.123. The number of rotatable bonds is 7. The quantitative estimate of drug-likeness (QED) is 0.498. The molecule has 0 aromatic rings. The normalized spacial score (nSPS) is 25.4. The van der Waals surface area contributed by atoms with E-state index in [0.29, 0.717) is 6.61 Å². The standard InChI is InChI=1S/C15H28O2Si/c1-3-13-17-18(16-4-2,15-11-8-12-15)14-9-6-5-7-10-14/h3,14-15H,1,4-13H2,2H3. The lowest BCUT2D eigenvalue weighted by atomic mass is 9.99. The zero-order valence-electron chi connectivity index (χ0n) is 11.8. The van der Waals surface area contributed by atoms with Crippen LogP contribution >= 0.6 is 0 Å². The van der Waals surface area contributed by atoms with Gasteiger partial charge in [-0.2, -0.15) is 0 Å². The van der Waals surface area contributed by atoms with E-state index in [1.807, 2.05) is 6.08 Å². The van der Waals surface area contributed by atoms with Crippen LogP contribution in [0.4, 0.5) is 0 Å². The Bertz CT molecular complexity index is 259. The topological polar surface area (TPSA) is 18.5 Å². The van der Waals surface area contributed by atoms with Crippen molar-refractivity contribution in [3.8, 4) is 0 Å². The minimum absolute atomic E-state index is 0.680. The summed E-state index contributed by atoms with van der Waals surface area (Å²) in [6.45, 7) is 7.43. The summed E-state index contributed by atoms with van der Waals surface area (Å²) in [6, 6.07) is 0. The van der Waals surface area contributed by atoms with Crippen LogP contribution in [-0.4, -0.2) is 21.8 Å². The van der Waals surface area contributed by atoms with Crippen LogP contribution in [0.2, 0.25) is 11.1 Å². The average molecular weight is 268 g/mol. The van der Waals surface area contributed by atoms with Gasteiger partial charge < -0.3 is 8.85 Å². The van der Waals surface area contributed by atoms with Crippen LogP contribution in [-0.2, 0) is 8.85 Å². The van der Waals surface area contributed by atoms with Crippen LogP contribution in [0.1, 0.15) is 58.3 Å². The van der Waals surface area contributed by atoms with Gasteiger partial charge in [0, 0.05) is 17.7 Å². The second kappa shape index (κ2) is 6.87. The van der Waals surface area contributed by atoms with Crippen molar-refractivity contribution < 1.29 is 8.85 Å². The maximum absolute atomic E-state index is 6.36. The molecule has 0 aliphatic heterocycles. The molecule has 2 aliphatic rings. The Morgan fingerprint density at radius 1 is 1.00 bits per heavy atom. The van der Waals surface area contributed by atoms with Gasteiger partial charge in [-0.05, 0) is 32.6 Å². The second-order valence-corrected chi connectivity index (χ2v) is 9.37. The SMILES string of the molecule is C=CCO[Si](OCC)(C1CCCCC1)C1CCC1. The molecule has 0 aromatic heterocycles. The van der Waals surface area contributed by atoms with E-state index in [4.69, 9.17) is 8.85 Å². The lowest BCUT2D eigenvalue weighted by Crippen LogP contribution is -2.53. The first-order chi connectivity index (χ1) is 8.83. The van der Waals surface area contributed by atoms with E-state index >= 15 is 0 Å². The molecule has 2 saturated carbocycles. The predicted molar refractivity (Wildman–Crippen MR) is 78.0 cm³/mol. The van der Waals surface area contributed by atoms with Crippen LogP contribution < -0.4 is 0 Å². The van der Waals surface area contributed by atoms with Crippen LogP contribution in [0.15, 0.2) is 12.7 Å². The molecule has 2 rings (SSSR count). The Balaban J connectivity index is 2.12. The van der Waals surface area contributed by atoms with Gasteiger partial charge in [-0.1, -0.05) is 31.8 Å². The third-order valence-corrected chi connectivity index (χ3v) is 9.43. The number of hydrogen-bond acceptors (Lipinski definition) is 2. The summed E-state index contributed by atoms with van der Waals surface area (Å²) < 4.78 is 12.7. The van der Waals surface area contributed by atoms with E-state index in [0.717, 1.165) is 17.7 Å². The highest BCUT2D eigenvalue weighted by atomic mass is 28.4. The van der Waals surface area contributed by atoms with Gasteiger partial charge in [0.2, 0.25) is 0 Å². The maximum Gasteiger partial charge on any atom is 0.344 e. The van der Waals surface area contributed by atoms with Crippen LogP contribution in [0.25, 0.3) is 0 Å². The predicted octanol–water partition coefficient (Wildman–Crippen LogP) is 4.56. The van der Waals surface area contributed by atoms with Gasteiger partial charge in [0.05, 0.1) is 6.61 Å². The summed E-state index contributed by atoms with van der Waals surface area (Å²) in [5.41, 5.74) is 1.48. The third-order valence-electron chi connectivity index (χ3n) is 4.65. The molecule has 3 heteroatoms. The molecule has 0 saturated heterocycles. The molecule has 0 amide bonds. The fraction of sp³-hybridized carbons (Fsp3) is 0.867. The summed E-state index contributed by atoms with van der Waals surface area (Å²) >= 11 is 0. The fourth-order valence-electron chi connectivity index (χ4n) is 3.58. The van der Waals surface area contributed by atoms with E-state index in [1.54, 1.807) is 0 Å². The molecule has 104 valence electrons. The minimum Gasteiger partial charge on any atom is -0.394 e. The van der Waals surface area contributed by atoms with E-state index < -0.39 is 8.56 Å². The Kier molecular flexibility index (Phi) is 5.46. The van der Waals surface area contributed by atoms with Gasteiger partial charge in [-0.25, -0.2) is 0 Å². The van der Waals surface area contributed by atoms with Crippen molar-refractivity contribution in [1.82, 2.24) is 0 Å². The van der Waals surface area contributed by atoms with E-state index in [-0.39, 0.29) is 0 Å². The van der Waals surface area contributed by atoms with Crippen molar-refractivity contribution >= 4 is 8.56 Å². The van der Waals surface area contributed by atoms with Gasteiger partial charge in [-0.15, -0.1) is 6.58 Å². The molecule has 2 nitrogen and oxygen atoms in total. The van der Waals surface area contributed by atoms with E-state index in [1.165, 1.54) is 51.4 Å². The second-order valence-electron chi connectivity index (χ2n) is 5.72. The van der Waals surface area contributed by atoms with Crippen molar-refractivity contribution in [2.45, 2.75) is 69.4 Å². The molecule has 2 aliphatic carbocycles. The van der Waals surface area contributed by atoms with Crippen molar-refractivity contribution in [3.63, 3.8) is 0 Å². The maximum atomic E-state index is 6.36. The first-order valence-electron chi connectivity index (χ1n) is 7.72. The smallest absolute Gasteiger partial charge is 0.344 e. The minimum atomic E-state index is -2.00. The van der Waals surface area contributed by atoms with Crippen molar-refractivity contribution in [3.05, 3.63) is 12.7 Å². The molecule has 0 bridgehead atoms. The summed E-state index contributed by atoms with van der Waals surface area (Å²) in [4.78, 5) is 0. The highest BCUT2D eigenvalue weighted by Gasteiger charge is 2.53. The van der Waals surface area contributed by atoms with Crippen LogP contribution in [0.3, 0.4) is 0 Å². The van der Waals surface area contributed by atoms with Gasteiger partial charge in [0.15, 0.2) is 0 Å². The fourth-order valence-corrected chi connectivity index (χ4v) is 8.53. The lowest BCUT2D eigenvalue weighted by molar-refractivity contribution is 0.147. The first kappa shape index (κ1) is 14.3. The van der Waals surface area contributed by atoms with Gasteiger partial charge in [0.25, 0.3) is 0 Å². The molecule has 0 spiro atoms. The van der Waals surface area contributed by atoms with Gasteiger partial charge in [0.1, 0.15) is 0 Å². The Morgan fingerprint density at radius 3 is 2.06 bits per heavy atom. The van der Waals surface area contributed by atoms with Crippen molar-refractivity contribution in [2.75, 3.05) is 13.2 Å². The van der Waals surface area contributed by atoms with Crippen molar-refractivity contribution in [1.29, 1.82) is 0 Å². The molecule has 1 atom stereocenters. The first-order valence-corrected chi connectivity index (χ1v) is 9.69. The lowest BCUT2D eigenvalue weighted by Gasteiger charge is -2.47. The van der Waals surface area contributed by atoms with E-state index in [9.17, 15) is 0 Å². The van der Waals surface area contributed by atoms with Crippen molar-refractivity contribution in [2.24, 2.45) is 0 Å². The van der Waals surface area contributed by atoms with Crippen LogP contribution in [0.5, 0.6) is 0 Å². The summed E-state index contributed by atoms with van der Waals surface area (Å²) in [6.07, 6.45) is 12.7. The highest BCUT2D eigenvalue weighted by molar-refractivity contribution is 6.70. The zero-order chi connectivity index (χ0) is 12.8. The Morgan fingerprint density at radius 2 is 1.61 bits per heavy atom. The Labute approximate surface area is 113 Å². The summed E-state index contributed by atoms with van der Waals surface area (Å²) in [5.74, 6) is 0. The molecule has 0 aromatic carbocycles. The third kappa shape index (κ3) is 2.89. The van der Waals surface area contributed by atoms with Gasteiger partial charge >= 0.3 is 8.56 Å². The highest BCUT2D eigenvalue weighted by Crippen LogP contribution is 2.51. The molecular weight excluding hydrogens is 240 g/mol.